The van der Waals surface area contributed by atoms with Crippen molar-refractivity contribution < 1.29 is 26.6 Å². The molecule has 2 aromatic rings. The number of nitrogens with zero attached hydrogens (tertiary/aromatic N) is 2. The molecule has 24 heavy (non-hydrogen) atoms. The maximum absolute atomic E-state index is 11.3. The second kappa shape index (κ2) is 7.95. The fourth-order valence-corrected chi connectivity index (χ4v) is 2.06. The molecule has 0 saturated carbocycles. The summed E-state index contributed by atoms with van der Waals surface area (Å²) in [6.07, 6.45) is 0. The molecule has 1 aromatic heterocycles. The van der Waals surface area contributed by atoms with E-state index in [1.807, 2.05) is 54.9 Å². The zero-order valence-electron chi connectivity index (χ0n) is 13.7. The van der Waals surface area contributed by atoms with Crippen LogP contribution in [0.3, 0.4) is 0 Å². The third-order valence-electron chi connectivity index (χ3n) is 3.45. The monoisotopic (exact) mass is 354 g/mol. The summed E-state index contributed by atoms with van der Waals surface area (Å²) in [5.41, 5.74) is 3.38. The molecule has 0 fully saturated rings. The molecule has 0 unspecified atom stereocenters. The van der Waals surface area contributed by atoms with Crippen LogP contribution in [0.2, 0.25) is 0 Å². The van der Waals surface area contributed by atoms with Gasteiger partial charge in [0.1, 0.15) is 7.05 Å². The van der Waals surface area contributed by atoms with E-state index in [4.69, 9.17) is 0 Å². The highest BCUT2D eigenvalue weighted by Gasteiger charge is 2.27. The molecule has 0 aliphatic heterocycles. The molecule has 0 aliphatic rings. The molecular formula is C15H18N2O6S. The summed E-state index contributed by atoms with van der Waals surface area (Å²) in [7, 11) is -1.76. The predicted octanol–water partition coefficient (Wildman–Crippen LogP) is 1.80. The van der Waals surface area contributed by atoms with E-state index < -0.39 is 10.4 Å². The summed E-state index contributed by atoms with van der Waals surface area (Å²) in [5.74, 6) is 0. The average Bonchev–Trinajstić information content (AvgIpc) is 2.52. The van der Waals surface area contributed by atoms with Crippen LogP contribution in [-0.4, -0.2) is 25.0 Å². The molecule has 0 amide bonds. The lowest BCUT2D eigenvalue weighted by Crippen LogP contribution is -2.36. The van der Waals surface area contributed by atoms with E-state index in [1.165, 1.54) is 0 Å². The molecular weight excluding hydrogens is 336 g/mol. The Kier molecular flexibility index (Phi) is 6.52. The molecule has 8 nitrogen and oxygen atoms in total. The third-order valence-corrected chi connectivity index (χ3v) is 3.86. The van der Waals surface area contributed by atoms with Gasteiger partial charge < -0.3 is 4.55 Å². The molecule has 1 aromatic carbocycles. The summed E-state index contributed by atoms with van der Waals surface area (Å²) in [5, 5.41) is 11.3. The SMILES string of the molecule is COS(=O)(=O)[O-].Cc1cc(-c2ccccc2)c([N+](=O)[O-])c(C)[n+]1C. The molecule has 1 heterocycles. The molecule has 0 aliphatic carbocycles. The van der Waals surface area contributed by atoms with Crippen molar-refractivity contribution in [1.29, 1.82) is 0 Å². The van der Waals surface area contributed by atoms with Gasteiger partial charge >= 0.3 is 5.69 Å². The molecule has 0 N–H and O–H groups in total. The summed E-state index contributed by atoms with van der Waals surface area (Å²) < 4.78 is 32.9. The van der Waals surface area contributed by atoms with Crippen molar-refractivity contribution in [3.8, 4) is 11.1 Å². The van der Waals surface area contributed by atoms with E-state index in [2.05, 4.69) is 4.18 Å². The van der Waals surface area contributed by atoms with Gasteiger partial charge in [-0.15, -0.1) is 0 Å². The highest BCUT2D eigenvalue weighted by atomic mass is 32.3. The minimum atomic E-state index is -4.41. The van der Waals surface area contributed by atoms with Crippen LogP contribution in [-0.2, 0) is 21.6 Å². The number of aryl methyl sites for hydroxylation is 1. The molecule has 0 atom stereocenters. The smallest absolute Gasteiger partial charge is 0.343 e. The van der Waals surface area contributed by atoms with Crippen LogP contribution in [0, 0.1) is 24.0 Å². The van der Waals surface area contributed by atoms with Gasteiger partial charge in [-0.2, -0.15) is 4.57 Å². The van der Waals surface area contributed by atoms with Crippen LogP contribution < -0.4 is 4.57 Å². The summed E-state index contributed by atoms with van der Waals surface area (Å²) in [4.78, 5) is 11.0. The predicted molar refractivity (Wildman–Crippen MR) is 85.9 cm³/mol. The van der Waals surface area contributed by atoms with E-state index in [0.29, 0.717) is 11.3 Å². The summed E-state index contributed by atoms with van der Waals surface area (Å²) in [6.45, 7) is 3.72. The Labute approximate surface area is 140 Å². The van der Waals surface area contributed by atoms with Gasteiger partial charge in [0.05, 0.1) is 17.6 Å². The number of hydrogen-bond donors (Lipinski definition) is 0. The topological polar surface area (TPSA) is 113 Å². The molecule has 0 saturated heterocycles. The number of aromatic nitrogens is 1. The summed E-state index contributed by atoms with van der Waals surface area (Å²) in [6, 6.07) is 11.3. The van der Waals surface area contributed by atoms with Gasteiger partial charge in [-0.05, 0) is 5.56 Å². The van der Waals surface area contributed by atoms with Gasteiger partial charge in [0.2, 0.25) is 10.4 Å². The first-order valence-corrected chi connectivity index (χ1v) is 8.13. The van der Waals surface area contributed by atoms with Crippen molar-refractivity contribution in [3.05, 3.63) is 57.9 Å². The normalized spacial score (nSPS) is 10.7. The zero-order chi connectivity index (χ0) is 18.5. The Morgan fingerprint density at radius 1 is 1.17 bits per heavy atom. The molecule has 0 bridgehead atoms. The van der Waals surface area contributed by atoms with Gasteiger partial charge in [0.15, 0.2) is 5.69 Å². The molecule has 0 spiro atoms. The van der Waals surface area contributed by atoms with Crippen molar-refractivity contribution >= 4 is 16.1 Å². The zero-order valence-corrected chi connectivity index (χ0v) is 14.5. The Morgan fingerprint density at radius 2 is 1.67 bits per heavy atom. The molecule has 9 heteroatoms. The lowest BCUT2D eigenvalue weighted by Gasteiger charge is -2.06. The Balaban J connectivity index is 0.000000413. The number of benzene rings is 1. The second-order valence-electron chi connectivity index (χ2n) is 4.89. The lowest BCUT2D eigenvalue weighted by atomic mass is 10.0. The quantitative estimate of drug-likeness (QED) is 0.273. The molecule has 2 rings (SSSR count). The van der Waals surface area contributed by atoms with Gasteiger partial charge in [-0.3, -0.25) is 14.3 Å². The fourth-order valence-electron chi connectivity index (χ4n) is 2.06. The van der Waals surface area contributed by atoms with Crippen LogP contribution in [0.25, 0.3) is 11.1 Å². The Bertz CT molecular complexity index is 835. The largest absolute Gasteiger partial charge is 0.726 e. The van der Waals surface area contributed by atoms with Gasteiger partial charge in [-0.25, -0.2) is 8.42 Å². The number of pyridine rings is 1. The Morgan fingerprint density at radius 3 is 2.08 bits per heavy atom. The molecule has 130 valence electrons. The minimum absolute atomic E-state index is 0.175. The van der Waals surface area contributed by atoms with Crippen LogP contribution >= 0.6 is 0 Å². The van der Waals surface area contributed by atoms with Crippen LogP contribution in [0.4, 0.5) is 5.69 Å². The van der Waals surface area contributed by atoms with Gasteiger partial charge in [0.25, 0.3) is 5.69 Å². The van der Waals surface area contributed by atoms with Crippen molar-refractivity contribution in [2.24, 2.45) is 7.05 Å². The molecule has 0 radical (unpaired) electrons. The first-order valence-electron chi connectivity index (χ1n) is 6.80. The van der Waals surface area contributed by atoms with E-state index in [-0.39, 0.29) is 10.6 Å². The standard InChI is InChI=1S/C14H15N2O2.CH4O4S/c1-10-9-13(12-7-5-4-6-8-12)14(16(17)18)11(2)15(10)3;1-5-6(2,3)4/h4-9H,1-3H3;1H3,(H,2,3,4)/q+1;/p-1. The third kappa shape index (κ3) is 5.08. The highest BCUT2D eigenvalue weighted by Crippen LogP contribution is 2.31. The first-order chi connectivity index (χ1) is 11.1. The minimum Gasteiger partial charge on any atom is -0.726 e. The van der Waals surface area contributed by atoms with Gasteiger partial charge in [-0.1, -0.05) is 30.3 Å². The van der Waals surface area contributed by atoms with Crippen LogP contribution in [0.15, 0.2) is 36.4 Å². The lowest BCUT2D eigenvalue weighted by molar-refractivity contribution is -0.686. The van der Waals surface area contributed by atoms with E-state index in [0.717, 1.165) is 18.4 Å². The van der Waals surface area contributed by atoms with Crippen molar-refractivity contribution in [3.63, 3.8) is 0 Å². The Hall–Kier alpha value is -2.36. The van der Waals surface area contributed by atoms with E-state index in [1.54, 1.807) is 6.92 Å². The number of nitro groups is 1. The average molecular weight is 354 g/mol. The van der Waals surface area contributed by atoms with Crippen molar-refractivity contribution in [2.75, 3.05) is 7.11 Å². The second-order valence-corrected chi connectivity index (χ2v) is 6.04. The van der Waals surface area contributed by atoms with Crippen LogP contribution in [0.1, 0.15) is 11.4 Å². The maximum Gasteiger partial charge on any atom is 0.343 e. The van der Waals surface area contributed by atoms with E-state index in [9.17, 15) is 23.1 Å². The fraction of sp³-hybridized carbons (Fsp3) is 0.267. The highest BCUT2D eigenvalue weighted by molar-refractivity contribution is 7.80. The maximum atomic E-state index is 11.3. The van der Waals surface area contributed by atoms with Crippen molar-refractivity contribution in [1.82, 2.24) is 0 Å². The number of hydrogen-bond acceptors (Lipinski definition) is 6. The first kappa shape index (κ1) is 19.7. The van der Waals surface area contributed by atoms with E-state index >= 15 is 0 Å². The summed E-state index contributed by atoms with van der Waals surface area (Å²) >= 11 is 0. The van der Waals surface area contributed by atoms with Crippen molar-refractivity contribution in [2.45, 2.75) is 13.8 Å². The van der Waals surface area contributed by atoms with Crippen LogP contribution in [0.5, 0.6) is 0 Å². The van der Waals surface area contributed by atoms with Gasteiger partial charge in [0, 0.05) is 19.9 Å². The number of rotatable bonds is 3.